The van der Waals surface area contributed by atoms with Gasteiger partial charge in [-0.1, -0.05) is 12.1 Å². The van der Waals surface area contributed by atoms with E-state index in [-0.39, 0.29) is 23.9 Å². The normalized spacial score (nSPS) is 11.3. The van der Waals surface area contributed by atoms with Gasteiger partial charge in [-0.25, -0.2) is 0 Å². The van der Waals surface area contributed by atoms with E-state index < -0.39 is 0 Å². The van der Waals surface area contributed by atoms with Crippen molar-refractivity contribution in [2.45, 2.75) is 26.3 Å². The fourth-order valence-electron chi connectivity index (χ4n) is 1.88. The molecule has 2 amide bonds. The van der Waals surface area contributed by atoms with Crippen LogP contribution in [-0.2, 0) is 4.79 Å². The number of benzene rings is 1. The highest BCUT2D eigenvalue weighted by Gasteiger charge is 2.16. The fraction of sp³-hybridized carbons (Fsp3) is 0.357. The zero-order valence-electron chi connectivity index (χ0n) is 11.8. The Morgan fingerprint density at radius 1 is 1.30 bits per heavy atom. The molecule has 6 nitrogen and oxygen atoms in total. The molecular formula is C14H18N4O2. The summed E-state index contributed by atoms with van der Waals surface area (Å²) in [6, 6.07) is 5.33. The summed E-state index contributed by atoms with van der Waals surface area (Å²) in [5.41, 5.74) is 0.829. The number of nitrogens with one attached hydrogen (secondary N) is 3. The molecule has 0 spiro atoms. The molecule has 0 aliphatic rings. The van der Waals surface area contributed by atoms with Crippen LogP contribution in [0.15, 0.2) is 24.4 Å². The van der Waals surface area contributed by atoms with Gasteiger partial charge in [0, 0.05) is 10.9 Å². The van der Waals surface area contributed by atoms with Crippen molar-refractivity contribution in [3.8, 4) is 0 Å². The van der Waals surface area contributed by atoms with E-state index in [1.807, 2.05) is 26.8 Å². The molecule has 106 valence electrons. The van der Waals surface area contributed by atoms with Gasteiger partial charge >= 0.3 is 0 Å². The monoisotopic (exact) mass is 274 g/mol. The Balaban J connectivity index is 2.02. The number of aromatic amines is 1. The van der Waals surface area contributed by atoms with E-state index in [1.165, 1.54) is 0 Å². The molecule has 6 heteroatoms. The summed E-state index contributed by atoms with van der Waals surface area (Å²) >= 11 is 0. The number of carbonyl (C=O) groups is 2. The quantitative estimate of drug-likeness (QED) is 0.786. The average Bonchev–Trinajstić information content (AvgIpc) is 2.81. The maximum absolute atomic E-state index is 12.1. The molecule has 2 aromatic rings. The Kier molecular flexibility index (Phi) is 3.74. The number of para-hydroxylation sites is 1. The standard InChI is InChI=1S/C14H18N4O2/c1-14(2,3)17-11(19)8-15-13(20)10-6-4-5-9-7-16-18-12(9)10/h4-7H,8H2,1-3H3,(H,15,20)(H,16,18)(H,17,19). The SMILES string of the molecule is CC(C)(C)NC(=O)CNC(=O)c1cccc2cn[nH]c12. The van der Waals surface area contributed by atoms with Crippen LogP contribution in [0.2, 0.25) is 0 Å². The van der Waals surface area contributed by atoms with E-state index in [0.717, 1.165) is 5.39 Å². The lowest BCUT2D eigenvalue weighted by molar-refractivity contribution is -0.121. The van der Waals surface area contributed by atoms with E-state index >= 15 is 0 Å². The Bertz CT molecular complexity index is 640. The largest absolute Gasteiger partial charge is 0.350 e. The van der Waals surface area contributed by atoms with E-state index in [9.17, 15) is 9.59 Å². The molecule has 0 aliphatic heterocycles. The first kappa shape index (κ1) is 14.0. The fourth-order valence-corrected chi connectivity index (χ4v) is 1.88. The molecular weight excluding hydrogens is 256 g/mol. The number of H-pyrrole nitrogens is 1. The first-order valence-electron chi connectivity index (χ1n) is 6.38. The Labute approximate surface area is 116 Å². The number of carbonyl (C=O) groups excluding carboxylic acids is 2. The van der Waals surface area contributed by atoms with Gasteiger partial charge in [-0.2, -0.15) is 5.10 Å². The van der Waals surface area contributed by atoms with Crippen LogP contribution in [0.25, 0.3) is 10.9 Å². The zero-order valence-corrected chi connectivity index (χ0v) is 11.8. The van der Waals surface area contributed by atoms with Gasteiger partial charge in [0.1, 0.15) is 0 Å². The number of aromatic nitrogens is 2. The van der Waals surface area contributed by atoms with Crippen molar-refractivity contribution in [3.05, 3.63) is 30.0 Å². The number of hydrogen-bond donors (Lipinski definition) is 3. The summed E-state index contributed by atoms with van der Waals surface area (Å²) in [7, 11) is 0. The molecule has 0 saturated carbocycles. The molecule has 3 N–H and O–H groups in total. The lowest BCUT2D eigenvalue weighted by atomic mass is 10.1. The number of nitrogens with zero attached hydrogens (tertiary/aromatic N) is 1. The molecule has 0 fully saturated rings. The molecule has 0 unspecified atom stereocenters. The lowest BCUT2D eigenvalue weighted by Gasteiger charge is -2.20. The van der Waals surface area contributed by atoms with Crippen molar-refractivity contribution in [3.63, 3.8) is 0 Å². The third-order valence-electron chi connectivity index (χ3n) is 2.65. The van der Waals surface area contributed by atoms with E-state index in [2.05, 4.69) is 20.8 Å². The Morgan fingerprint density at radius 3 is 2.75 bits per heavy atom. The van der Waals surface area contributed by atoms with Crippen molar-refractivity contribution in [1.82, 2.24) is 20.8 Å². The maximum Gasteiger partial charge on any atom is 0.253 e. The van der Waals surface area contributed by atoms with Gasteiger partial charge in [-0.3, -0.25) is 14.7 Å². The lowest BCUT2D eigenvalue weighted by Crippen LogP contribution is -2.45. The molecule has 20 heavy (non-hydrogen) atoms. The highest BCUT2D eigenvalue weighted by atomic mass is 16.2. The van der Waals surface area contributed by atoms with Crippen LogP contribution in [0.4, 0.5) is 0 Å². The molecule has 2 rings (SSSR count). The van der Waals surface area contributed by atoms with Crippen LogP contribution in [0, 0.1) is 0 Å². The van der Waals surface area contributed by atoms with Crippen LogP contribution in [0.3, 0.4) is 0 Å². The number of fused-ring (bicyclic) bond motifs is 1. The minimum absolute atomic E-state index is 0.0549. The molecule has 0 bridgehead atoms. The van der Waals surface area contributed by atoms with Crippen LogP contribution in [0.5, 0.6) is 0 Å². The van der Waals surface area contributed by atoms with Crippen molar-refractivity contribution in [1.29, 1.82) is 0 Å². The van der Waals surface area contributed by atoms with Gasteiger partial charge in [0.15, 0.2) is 0 Å². The topological polar surface area (TPSA) is 86.9 Å². The second-order valence-corrected chi connectivity index (χ2v) is 5.62. The number of rotatable bonds is 3. The average molecular weight is 274 g/mol. The molecule has 0 radical (unpaired) electrons. The predicted octanol–water partition coefficient (Wildman–Crippen LogP) is 1.21. The van der Waals surface area contributed by atoms with Crippen molar-refractivity contribution in [2.24, 2.45) is 0 Å². The summed E-state index contributed by atoms with van der Waals surface area (Å²) in [4.78, 5) is 23.7. The third-order valence-corrected chi connectivity index (χ3v) is 2.65. The van der Waals surface area contributed by atoms with Crippen LogP contribution < -0.4 is 10.6 Å². The summed E-state index contributed by atoms with van der Waals surface area (Å²) in [6.07, 6.45) is 1.65. The third kappa shape index (κ3) is 3.34. The Hall–Kier alpha value is -2.37. The van der Waals surface area contributed by atoms with Gasteiger partial charge in [0.25, 0.3) is 5.91 Å². The molecule has 1 aromatic heterocycles. The van der Waals surface area contributed by atoms with Crippen molar-refractivity contribution >= 4 is 22.7 Å². The summed E-state index contributed by atoms with van der Waals surface area (Å²) in [6.45, 7) is 5.61. The minimum Gasteiger partial charge on any atom is -0.350 e. The number of amides is 2. The molecule has 0 aliphatic carbocycles. The Morgan fingerprint density at radius 2 is 2.05 bits per heavy atom. The van der Waals surface area contributed by atoms with Crippen LogP contribution in [-0.4, -0.2) is 34.1 Å². The molecule has 1 aromatic carbocycles. The zero-order chi connectivity index (χ0) is 14.8. The van der Waals surface area contributed by atoms with E-state index in [0.29, 0.717) is 11.1 Å². The van der Waals surface area contributed by atoms with E-state index in [1.54, 1.807) is 18.3 Å². The van der Waals surface area contributed by atoms with Crippen LogP contribution >= 0.6 is 0 Å². The summed E-state index contributed by atoms with van der Waals surface area (Å²) in [5, 5.41) is 12.9. The van der Waals surface area contributed by atoms with Gasteiger partial charge in [-0.15, -0.1) is 0 Å². The van der Waals surface area contributed by atoms with Gasteiger partial charge in [0.2, 0.25) is 5.91 Å². The smallest absolute Gasteiger partial charge is 0.253 e. The molecule has 0 atom stereocenters. The minimum atomic E-state index is -0.314. The second-order valence-electron chi connectivity index (χ2n) is 5.62. The number of hydrogen-bond acceptors (Lipinski definition) is 3. The predicted molar refractivity (Wildman–Crippen MR) is 76.3 cm³/mol. The van der Waals surface area contributed by atoms with Gasteiger partial charge < -0.3 is 10.6 Å². The maximum atomic E-state index is 12.1. The van der Waals surface area contributed by atoms with Gasteiger partial charge in [0.05, 0.1) is 23.8 Å². The van der Waals surface area contributed by atoms with Crippen molar-refractivity contribution in [2.75, 3.05) is 6.54 Å². The second kappa shape index (κ2) is 5.32. The van der Waals surface area contributed by atoms with Crippen molar-refractivity contribution < 1.29 is 9.59 Å². The highest BCUT2D eigenvalue weighted by Crippen LogP contribution is 2.15. The van der Waals surface area contributed by atoms with Gasteiger partial charge in [-0.05, 0) is 26.8 Å². The van der Waals surface area contributed by atoms with Crippen LogP contribution in [0.1, 0.15) is 31.1 Å². The first-order chi connectivity index (χ1) is 9.37. The first-order valence-corrected chi connectivity index (χ1v) is 6.38. The molecule has 0 saturated heterocycles. The summed E-state index contributed by atoms with van der Waals surface area (Å²) in [5.74, 6) is -0.522. The summed E-state index contributed by atoms with van der Waals surface area (Å²) < 4.78 is 0. The highest BCUT2D eigenvalue weighted by molar-refractivity contribution is 6.06. The molecule has 1 heterocycles. The van der Waals surface area contributed by atoms with E-state index in [4.69, 9.17) is 0 Å².